The summed E-state index contributed by atoms with van der Waals surface area (Å²) < 4.78 is 0. The summed E-state index contributed by atoms with van der Waals surface area (Å²) >= 11 is 0. The van der Waals surface area contributed by atoms with Crippen LogP contribution in [0.3, 0.4) is 0 Å². The molecule has 0 aromatic heterocycles. The van der Waals surface area contributed by atoms with Crippen molar-refractivity contribution in [3.8, 4) is 0 Å². The van der Waals surface area contributed by atoms with E-state index in [0.717, 1.165) is 51.4 Å². The minimum Gasteiger partial charge on any atom is -0.394 e. The molecule has 0 bridgehead atoms. The van der Waals surface area contributed by atoms with Gasteiger partial charge in [-0.2, -0.15) is 0 Å². The van der Waals surface area contributed by atoms with E-state index >= 15 is 0 Å². The highest BCUT2D eigenvalue weighted by atomic mass is 16.3. The number of hydrogen-bond donors (Lipinski definition) is 4. The van der Waals surface area contributed by atoms with Gasteiger partial charge in [-0.25, -0.2) is 0 Å². The van der Waals surface area contributed by atoms with Crippen molar-refractivity contribution >= 4 is 5.91 Å². The molecule has 0 saturated heterocycles. The summed E-state index contributed by atoms with van der Waals surface area (Å²) in [7, 11) is 0. The first-order chi connectivity index (χ1) is 26.6. The summed E-state index contributed by atoms with van der Waals surface area (Å²) in [5, 5.41) is 33.4. The van der Waals surface area contributed by atoms with Crippen LogP contribution >= 0.6 is 0 Å². The monoisotopic (exact) mass is 762 g/mol. The molecule has 3 atom stereocenters. The third-order valence-electron chi connectivity index (χ3n) is 11.3. The molecule has 0 radical (unpaired) electrons. The third-order valence-corrected chi connectivity index (χ3v) is 11.3. The molecule has 0 heterocycles. The number of carbonyl (C=O) groups excluding carboxylic acids is 1. The Morgan fingerprint density at radius 3 is 1.13 bits per heavy atom. The number of hydrogen-bond acceptors (Lipinski definition) is 4. The van der Waals surface area contributed by atoms with E-state index in [9.17, 15) is 20.1 Å². The number of aliphatic hydroxyl groups is 3. The van der Waals surface area contributed by atoms with Crippen molar-refractivity contribution in [2.24, 2.45) is 0 Å². The van der Waals surface area contributed by atoms with Crippen LogP contribution in [0.4, 0.5) is 0 Å². The minimum atomic E-state index is -1.16. The Morgan fingerprint density at radius 2 is 0.778 bits per heavy atom. The lowest BCUT2D eigenvalue weighted by atomic mass is 10.0. The number of carbonyl (C=O) groups is 1. The van der Waals surface area contributed by atoms with E-state index in [2.05, 4.69) is 43.5 Å². The highest BCUT2D eigenvalue weighted by molar-refractivity contribution is 5.76. The summed E-state index contributed by atoms with van der Waals surface area (Å²) in [6.07, 6.45) is 54.8. The average molecular weight is 762 g/mol. The Labute approximate surface area is 337 Å². The molecule has 5 heteroatoms. The quantitative estimate of drug-likeness (QED) is 0.0368. The summed E-state index contributed by atoms with van der Waals surface area (Å²) in [6.45, 7) is 4.10. The second-order valence-electron chi connectivity index (χ2n) is 16.7. The van der Waals surface area contributed by atoms with Crippen molar-refractivity contribution in [1.82, 2.24) is 5.32 Å². The van der Waals surface area contributed by atoms with E-state index in [4.69, 9.17) is 0 Å². The number of amides is 1. The lowest BCUT2D eigenvalue weighted by molar-refractivity contribution is -0.124. The molecule has 0 aliphatic carbocycles. The van der Waals surface area contributed by atoms with E-state index in [1.807, 2.05) is 0 Å². The van der Waals surface area contributed by atoms with Crippen LogP contribution in [-0.2, 0) is 4.79 Å². The van der Waals surface area contributed by atoms with Gasteiger partial charge in [-0.05, 0) is 44.9 Å². The zero-order valence-corrected chi connectivity index (χ0v) is 36.4. The van der Waals surface area contributed by atoms with Gasteiger partial charge in [-0.1, -0.05) is 231 Å². The third kappa shape index (κ3) is 39.1. The fraction of sp³-hybridized carbons (Fsp3) is 0.898. The first kappa shape index (κ1) is 52.8. The van der Waals surface area contributed by atoms with Crippen LogP contribution in [0.25, 0.3) is 0 Å². The zero-order valence-electron chi connectivity index (χ0n) is 36.4. The lowest BCUT2D eigenvalue weighted by Gasteiger charge is -2.26. The van der Waals surface area contributed by atoms with Gasteiger partial charge < -0.3 is 20.6 Å². The van der Waals surface area contributed by atoms with Gasteiger partial charge >= 0.3 is 0 Å². The van der Waals surface area contributed by atoms with Crippen LogP contribution in [0.1, 0.15) is 258 Å². The maximum absolute atomic E-state index is 12.4. The molecule has 5 nitrogen and oxygen atoms in total. The van der Waals surface area contributed by atoms with E-state index < -0.39 is 18.2 Å². The maximum Gasteiger partial charge on any atom is 0.220 e. The molecule has 0 spiro atoms. The Morgan fingerprint density at radius 1 is 0.444 bits per heavy atom. The zero-order chi connectivity index (χ0) is 39.4. The molecule has 320 valence electrons. The first-order valence-electron chi connectivity index (χ1n) is 24.1. The largest absolute Gasteiger partial charge is 0.394 e. The second-order valence-corrected chi connectivity index (χ2v) is 16.7. The van der Waals surface area contributed by atoms with Gasteiger partial charge in [-0.3, -0.25) is 4.79 Å². The molecule has 3 unspecified atom stereocenters. The van der Waals surface area contributed by atoms with Gasteiger partial charge in [0.2, 0.25) is 5.91 Å². The molecule has 54 heavy (non-hydrogen) atoms. The van der Waals surface area contributed by atoms with Crippen molar-refractivity contribution in [3.63, 3.8) is 0 Å². The average Bonchev–Trinajstić information content (AvgIpc) is 3.18. The van der Waals surface area contributed by atoms with Crippen LogP contribution in [0.5, 0.6) is 0 Å². The van der Waals surface area contributed by atoms with Crippen LogP contribution in [0.15, 0.2) is 24.3 Å². The molecule has 0 rings (SSSR count). The fourth-order valence-electron chi connectivity index (χ4n) is 7.54. The molecular formula is C49H95NO4. The minimum absolute atomic E-state index is 0.156. The van der Waals surface area contributed by atoms with Gasteiger partial charge in [0.1, 0.15) is 6.10 Å². The number of allylic oxidation sites excluding steroid dienone is 4. The standard InChI is InChI=1S/C49H95NO4/c1-3-5-7-9-11-13-15-16-17-18-19-20-21-22-23-24-25-26-27-28-29-30-31-32-33-34-36-38-40-42-44-48(53)50-46(45-51)49(54)47(52)43-41-39-37-35-14-12-10-8-6-4-2/h8,10,35,37,46-47,49,51-52,54H,3-7,9,11-34,36,38-45H2,1-2H3,(H,50,53)/b10-8+,37-35+. The van der Waals surface area contributed by atoms with Crippen molar-refractivity contribution in [2.45, 2.75) is 276 Å². The van der Waals surface area contributed by atoms with Gasteiger partial charge in [0.15, 0.2) is 0 Å². The Bertz CT molecular complexity index is 799. The van der Waals surface area contributed by atoms with Crippen LogP contribution in [-0.4, -0.2) is 46.1 Å². The summed E-state index contributed by atoms with van der Waals surface area (Å²) in [5.41, 5.74) is 0. The van der Waals surface area contributed by atoms with Gasteiger partial charge in [-0.15, -0.1) is 0 Å². The Hall–Kier alpha value is -1.17. The molecule has 0 saturated carbocycles. The van der Waals surface area contributed by atoms with Gasteiger partial charge in [0.25, 0.3) is 0 Å². The molecule has 0 aliphatic rings. The first-order valence-corrected chi connectivity index (χ1v) is 24.1. The predicted molar refractivity (Wildman–Crippen MR) is 236 cm³/mol. The molecule has 1 amide bonds. The number of nitrogens with one attached hydrogen (secondary N) is 1. The normalized spacial score (nSPS) is 13.6. The SMILES string of the molecule is CCC/C=C/CC/C=C/CCCC(O)C(O)C(CO)NC(=O)CCCCCCCCCCCCCCCCCCCCCCCCCCCCCCCC. The van der Waals surface area contributed by atoms with Crippen LogP contribution in [0, 0.1) is 0 Å². The maximum atomic E-state index is 12.4. The lowest BCUT2D eigenvalue weighted by Crippen LogP contribution is -2.50. The van der Waals surface area contributed by atoms with Crippen molar-refractivity contribution in [3.05, 3.63) is 24.3 Å². The summed E-state index contributed by atoms with van der Waals surface area (Å²) in [4.78, 5) is 12.4. The van der Waals surface area contributed by atoms with E-state index in [0.29, 0.717) is 12.8 Å². The van der Waals surface area contributed by atoms with Gasteiger partial charge in [0.05, 0.1) is 18.8 Å². The van der Waals surface area contributed by atoms with Crippen molar-refractivity contribution in [1.29, 1.82) is 0 Å². The Kier molecular flexibility index (Phi) is 43.6. The van der Waals surface area contributed by atoms with Crippen LogP contribution in [0.2, 0.25) is 0 Å². The molecule has 4 N–H and O–H groups in total. The predicted octanol–water partition coefficient (Wildman–Crippen LogP) is 14.2. The van der Waals surface area contributed by atoms with E-state index in [1.54, 1.807) is 0 Å². The smallest absolute Gasteiger partial charge is 0.220 e. The molecule has 0 aromatic carbocycles. The molecule has 0 fully saturated rings. The van der Waals surface area contributed by atoms with E-state index in [1.165, 1.54) is 180 Å². The number of aliphatic hydroxyl groups excluding tert-OH is 3. The van der Waals surface area contributed by atoms with Crippen molar-refractivity contribution < 1.29 is 20.1 Å². The highest BCUT2D eigenvalue weighted by Crippen LogP contribution is 2.17. The summed E-state index contributed by atoms with van der Waals surface area (Å²) in [6, 6.07) is -0.827. The van der Waals surface area contributed by atoms with Crippen LogP contribution < -0.4 is 5.32 Å². The molecule has 0 aromatic rings. The van der Waals surface area contributed by atoms with Gasteiger partial charge in [0, 0.05) is 6.42 Å². The van der Waals surface area contributed by atoms with Crippen molar-refractivity contribution in [2.75, 3.05) is 6.61 Å². The van der Waals surface area contributed by atoms with E-state index in [-0.39, 0.29) is 12.5 Å². The number of rotatable bonds is 44. The Balaban J connectivity index is 3.46. The fourth-order valence-corrected chi connectivity index (χ4v) is 7.54. The highest BCUT2D eigenvalue weighted by Gasteiger charge is 2.26. The number of unbranched alkanes of at least 4 members (excludes halogenated alkanes) is 32. The molecular weight excluding hydrogens is 667 g/mol. The second kappa shape index (κ2) is 44.5. The summed E-state index contributed by atoms with van der Waals surface area (Å²) in [5.74, 6) is -0.156. The molecule has 0 aliphatic heterocycles. The topological polar surface area (TPSA) is 89.8 Å².